The van der Waals surface area contributed by atoms with Crippen molar-refractivity contribution in [3.8, 4) is 0 Å². The molecule has 0 radical (unpaired) electrons. The molecular weight excluding hydrogens is 210 g/mol. The summed E-state index contributed by atoms with van der Waals surface area (Å²) in [7, 11) is 1.73. The molecule has 0 aliphatic heterocycles. The van der Waals surface area contributed by atoms with Crippen LogP contribution in [0.1, 0.15) is 5.56 Å². The molecule has 0 saturated carbocycles. The van der Waals surface area contributed by atoms with Crippen molar-refractivity contribution in [3.05, 3.63) is 28.2 Å². The van der Waals surface area contributed by atoms with Crippen molar-refractivity contribution >= 4 is 22.8 Å². The number of rotatable bonds is 1. The highest BCUT2D eigenvalue weighted by Gasteiger charge is 2.05. The zero-order valence-corrected chi connectivity index (χ0v) is 9.63. The third-order valence-electron chi connectivity index (χ3n) is 2.29. The second kappa shape index (κ2) is 3.66. The lowest BCUT2D eigenvalue weighted by molar-refractivity contribution is 0.850. The summed E-state index contributed by atoms with van der Waals surface area (Å²) in [5.41, 5.74) is 1.39. The second-order valence-electron chi connectivity index (χ2n) is 3.33. The Morgan fingerprint density at radius 2 is 2.20 bits per heavy atom. The van der Waals surface area contributed by atoms with E-state index in [2.05, 4.69) is 9.97 Å². The van der Waals surface area contributed by atoms with Crippen molar-refractivity contribution < 1.29 is 0 Å². The summed E-state index contributed by atoms with van der Waals surface area (Å²) in [5.74, 6) is 0. The number of thioether (sulfide) groups is 1. The fraction of sp³-hybridized carbons (Fsp3) is 0.300. The molecule has 5 heteroatoms. The topological polar surface area (TPSA) is 47.8 Å². The van der Waals surface area contributed by atoms with Crippen molar-refractivity contribution in [1.82, 2.24) is 14.5 Å². The fourth-order valence-electron chi connectivity index (χ4n) is 1.49. The van der Waals surface area contributed by atoms with E-state index in [0.717, 1.165) is 5.39 Å². The molecule has 0 bridgehead atoms. The first kappa shape index (κ1) is 10.2. The SMILES string of the molecule is CSc1ncc2cc(C)c(=O)n(C)c2n1. The summed E-state index contributed by atoms with van der Waals surface area (Å²) in [5, 5.41) is 1.58. The summed E-state index contributed by atoms with van der Waals surface area (Å²) < 4.78 is 1.56. The van der Waals surface area contributed by atoms with E-state index in [-0.39, 0.29) is 5.56 Å². The van der Waals surface area contributed by atoms with E-state index in [4.69, 9.17) is 0 Å². The summed E-state index contributed by atoms with van der Waals surface area (Å²) in [4.78, 5) is 20.2. The molecule has 0 N–H and O–H groups in total. The van der Waals surface area contributed by atoms with Gasteiger partial charge in [0.15, 0.2) is 5.16 Å². The van der Waals surface area contributed by atoms with Crippen molar-refractivity contribution in [2.24, 2.45) is 7.05 Å². The largest absolute Gasteiger partial charge is 0.295 e. The van der Waals surface area contributed by atoms with Crippen LogP contribution >= 0.6 is 11.8 Å². The highest BCUT2D eigenvalue weighted by Crippen LogP contribution is 2.14. The number of aryl methyl sites for hydroxylation is 2. The Labute approximate surface area is 91.4 Å². The summed E-state index contributed by atoms with van der Waals surface area (Å²) in [6, 6.07) is 1.82. The minimum atomic E-state index is -0.00625. The molecular formula is C10H11N3OS. The Bertz CT molecular complexity index is 577. The second-order valence-corrected chi connectivity index (χ2v) is 4.10. The van der Waals surface area contributed by atoms with Crippen LogP contribution < -0.4 is 5.56 Å². The summed E-state index contributed by atoms with van der Waals surface area (Å²) >= 11 is 1.46. The lowest BCUT2D eigenvalue weighted by Crippen LogP contribution is -2.20. The van der Waals surface area contributed by atoms with Gasteiger partial charge in [-0.25, -0.2) is 9.97 Å². The molecule has 78 valence electrons. The predicted octanol–water partition coefficient (Wildman–Crippen LogP) is 1.36. The van der Waals surface area contributed by atoms with Crippen LogP contribution in [0.4, 0.5) is 0 Å². The van der Waals surface area contributed by atoms with Gasteiger partial charge in [-0.15, -0.1) is 0 Å². The van der Waals surface area contributed by atoms with Gasteiger partial charge in [0.2, 0.25) is 0 Å². The van der Waals surface area contributed by atoms with Gasteiger partial charge in [0.25, 0.3) is 5.56 Å². The minimum Gasteiger partial charge on any atom is -0.295 e. The van der Waals surface area contributed by atoms with E-state index in [1.807, 2.05) is 12.3 Å². The standard InChI is InChI=1S/C10H11N3OS/c1-6-4-7-5-11-10(15-3)12-8(7)13(2)9(6)14/h4-5H,1-3H3. The van der Waals surface area contributed by atoms with Crippen LogP contribution in [0.2, 0.25) is 0 Å². The fourth-order valence-corrected chi connectivity index (χ4v) is 1.83. The first-order chi connectivity index (χ1) is 7.13. The molecule has 0 saturated heterocycles. The Hall–Kier alpha value is -1.36. The minimum absolute atomic E-state index is 0.00625. The molecule has 0 atom stereocenters. The molecule has 0 fully saturated rings. The van der Waals surface area contributed by atoms with Gasteiger partial charge in [-0.1, -0.05) is 11.8 Å². The average Bonchev–Trinajstić information content (AvgIpc) is 2.26. The Kier molecular flexibility index (Phi) is 2.48. The van der Waals surface area contributed by atoms with Crippen LogP contribution in [0.5, 0.6) is 0 Å². The van der Waals surface area contributed by atoms with Crippen molar-refractivity contribution in [2.75, 3.05) is 6.26 Å². The van der Waals surface area contributed by atoms with Crippen molar-refractivity contribution in [3.63, 3.8) is 0 Å². The first-order valence-corrected chi connectivity index (χ1v) is 5.73. The highest BCUT2D eigenvalue weighted by molar-refractivity contribution is 7.98. The molecule has 15 heavy (non-hydrogen) atoms. The van der Waals surface area contributed by atoms with E-state index < -0.39 is 0 Å². The smallest absolute Gasteiger partial charge is 0.254 e. The van der Waals surface area contributed by atoms with Crippen LogP contribution in [0.25, 0.3) is 11.0 Å². The molecule has 0 aliphatic rings. The quantitative estimate of drug-likeness (QED) is 0.539. The van der Waals surface area contributed by atoms with Gasteiger partial charge in [0.1, 0.15) is 5.65 Å². The van der Waals surface area contributed by atoms with Gasteiger partial charge in [0, 0.05) is 24.2 Å². The molecule has 4 nitrogen and oxygen atoms in total. The summed E-state index contributed by atoms with van der Waals surface area (Å²) in [6.45, 7) is 1.80. The van der Waals surface area contributed by atoms with Crippen LogP contribution in [-0.4, -0.2) is 20.8 Å². The normalized spacial score (nSPS) is 10.9. The molecule has 0 spiro atoms. The zero-order chi connectivity index (χ0) is 11.0. The molecule has 2 aromatic heterocycles. The van der Waals surface area contributed by atoms with Crippen LogP contribution in [0.15, 0.2) is 22.2 Å². The average molecular weight is 221 g/mol. The van der Waals surface area contributed by atoms with Gasteiger partial charge >= 0.3 is 0 Å². The van der Waals surface area contributed by atoms with Gasteiger partial charge in [-0.05, 0) is 19.2 Å². The van der Waals surface area contributed by atoms with Gasteiger partial charge < -0.3 is 0 Å². The molecule has 2 aromatic rings. The maximum Gasteiger partial charge on any atom is 0.254 e. The van der Waals surface area contributed by atoms with E-state index >= 15 is 0 Å². The number of aromatic nitrogens is 3. The third kappa shape index (κ3) is 1.63. The van der Waals surface area contributed by atoms with Crippen molar-refractivity contribution in [1.29, 1.82) is 0 Å². The molecule has 0 aromatic carbocycles. The number of hydrogen-bond donors (Lipinski definition) is 0. The maximum atomic E-state index is 11.7. The van der Waals surface area contributed by atoms with E-state index in [0.29, 0.717) is 16.4 Å². The lowest BCUT2D eigenvalue weighted by Gasteiger charge is -2.05. The molecule has 0 unspecified atom stereocenters. The Morgan fingerprint density at radius 3 is 2.87 bits per heavy atom. The predicted molar refractivity (Wildman–Crippen MR) is 61.3 cm³/mol. The molecule has 0 aliphatic carbocycles. The number of fused-ring (bicyclic) bond motifs is 1. The highest BCUT2D eigenvalue weighted by atomic mass is 32.2. The van der Waals surface area contributed by atoms with E-state index in [9.17, 15) is 4.79 Å². The molecule has 2 heterocycles. The Morgan fingerprint density at radius 1 is 1.47 bits per heavy atom. The number of hydrogen-bond acceptors (Lipinski definition) is 4. The Balaban J connectivity index is 2.88. The van der Waals surface area contributed by atoms with Crippen LogP contribution in [-0.2, 0) is 7.05 Å². The van der Waals surface area contributed by atoms with Gasteiger partial charge in [0.05, 0.1) is 0 Å². The van der Waals surface area contributed by atoms with Crippen LogP contribution in [0.3, 0.4) is 0 Å². The molecule has 2 rings (SSSR count). The molecule has 0 amide bonds. The lowest BCUT2D eigenvalue weighted by atomic mass is 10.2. The number of nitrogens with zero attached hydrogens (tertiary/aromatic N) is 3. The van der Waals surface area contributed by atoms with Gasteiger partial charge in [-0.3, -0.25) is 9.36 Å². The van der Waals surface area contributed by atoms with E-state index in [1.165, 1.54) is 11.8 Å². The monoisotopic (exact) mass is 221 g/mol. The van der Waals surface area contributed by atoms with Gasteiger partial charge in [-0.2, -0.15) is 0 Å². The van der Waals surface area contributed by atoms with Crippen LogP contribution in [0, 0.1) is 6.92 Å². The zero-order valence-electron chi connectivity index (χ0n) is 8.81. The third-order valence-corrected chi connectivity index (χ3v) is 2.85. The van der Waals surface area contributed by atoms with Crippen molar-refractivity contribution in [2.45, 2.75) is 12.1 Å². The maximum absolute atomic E-state index is 11.7. The van der Waals surface area contributed by atoms with E-state index in [1.54, 1.807) is 24.7 Å². The first-order valence-electron chi connectivity index (χ1n) is 4.51. The number of pyridine rings is 1. The summed E-state index contributed by atoms with van der Waals surface area (Å²) in [6.07, 6.45) is 3.66.